The minimum atomic E-state index is -0.0660. The van der Waals surface area contributed by atoms with Crippen LogP contribution in [0, 0.1) is 0 Å². The van der Waals surface area contributed by atoms with Gasteiger partial charge in [-0.3, -0.25) is 9.78 Å². The Morgan fingerprint density at radius 1 is 1.35 bits per heavy atom. The monoisotopic (exact) mass is 268 g/mol. The molecule has 0 saturated heterocycles. The molecule has 1 unspecified atom stereocenters. The summed E-state index contributed by atoms with van der Waals surface area (Å²) in [7, 11) is 0. The van der Waals surface area contributed by atoms with Crippen molar-refractivity contribution in [2.24, 2.45) is 0 Å². The van der Waals surface area contributed by atoms with E-state index in [2.05, 4.69) is 17.2 Å². The topological polar surface area (TPSA) is 51.2 Å². The van der Waals surface area contributed by atoms with Crippen LogP contribution in [-0.2, 0) is 6.54 Å². The molecule has 4 nitrogen and oxygen atoms in total. The molecule has 20 heavy (non-hydrogen) atoms. The van der Waals surface area contributed by atoms with Crippen LogP contribution in [0.2, 0.25) is 0 Å². The number of hydrogen-bond donors (Lipinski definition) is 1. The number of amides is 1. The van der Waals surface area contributed by atoms with Crippen LogP contribution in [0.4, 0.5) is 0 Å². The molecule has 1 atom stereocenters. The molecule has 4 heteroatoms. The third-order valence-corrected chi connectivity index (χ3v) is 3.49. The number of aromatic nitrogens is 1. The molecule has 1 aliphatic rings. The fourth-order valence-corrected chi connectivity index (χ4v) is 2.30. The van der Waals surface area contributed by atoms with Gasteiger partial charge in [-0.05, 0) is 35.9 Å². The number of pyridine rings is 1. The molecule has 1 aromatic heterocycles. The zero-order valence-electron chi connectivity index (χ0n) is 11.3. The minimum absolute atomic E-state index is 0.0660. The molecule has 1 N–H and O–H groups in total. The Morgan fingerprint density at radius 3 is 2.95 bits per heavy atom. The van der Waals surface area contributed by atoms with E-state index in [1.807, 2.05) is 24.3 Å². The first-order chi connectivity index (χ1) is 9.74. The Hall–Kier alpha value is -2.36. The molecule has 0 fully saturated rings. The molecular weight excluding hydrogens is 252 g/mol. The van der Waals surface area contributed by atoms with Gasteiger partial charge in [-0.15, -0.1) is 0 Å². The molecule has 0 radical (unpaired) electrons. The van der Waals surface area contributed by atoms with Crippen molar-refractivity contribution in [1.82, 2.24) is 10.3 Å². The molecule has 2 aromatic rings. The van der Waals surface area contributed by atoms with Crippen LogP contribution < -0.4 is 10.1 Å². The Balaban J connectivity index is 1.70. The Labute approximate surface area is 117 Å². The molecule has 0 saturated carbocycles. The lowest BCUT2D eigenvalue weighted by atomic mass is 10.0. The van der Waals surface area contributed by atoms with Crippen LogP contribution in [0.15, 0.2) is 42.7 Å². The highest BCUT2D eigenvalue weighted by Gasteiger charge is 2.21. The second-order valence-corrected chi connectivity index (χ2v) is 5.00. The zero-order chi connectivity index (χ0) is 13.9. The number of carbonyl (C=O) groups is 1. The Kier molecular flexibility index (Phi) is 3.37. The molecule has 1 aromatic carbocycles. The molecular formula is C16H16N2O2. The number of nitrogens with zero attached hydrogens (tertiary/aromatic N) is 1. The highest BCUT2D eigenvalue weighted by Crippen LogP contribution is 2.33. The van der Waals surface area contributed by atoms with E-state index in [1.54, 1.807) is 18.5 Å². The van der Waals surface area contributed by atoms with Crippen molar-refractivity contribution in [3.05, 3.63) is 59.4 Å². The maximum atomic E-state index is 12.2. The lowest BCUT2D eigenvalue weighted by molar-refractivity contribution is 0.0951. The van der Waals surface area contributed by atoms with Crippen LogP contribution in [0.3, 0.4) is 0 Å². The van der Waals surface area contributed by atoms with E-state index >= 15 is 0 Å². The van der Waals surface area contributed by atoms with Gasteiger partial charge in [0.1, 0.15) is 5.75 Å². The number of ether oxygens (including phenoxy) is 1. The third-order valence-electron chi connectivity index (χ3n) is 3.49. The molecule has 2 heterocycles. The Morgan fingerprint density at radius 2 is 2.15 bits per heavy atom. The van der Waals surface area contributed by atoms with Crippen LogP contribution in [-0.4, -0.2) is 17.5 Å². The number of nitrogens with one attached hydrogen (secondary N) is 1. The van der Waals surface area contributed by atoms with E-state index in [4.69, 9.17) is 4.74 Å². The zero-order valence-corrected chi connectivity index (χ0v) is 11.3. The van der Waals surface area contributed by atoms with Gasteiger partial charge in [0.25, 0.3) is 5.91 Å². The van der Waals surface area contributed by atoms with Gasteiger partial charge in [0.15, 0.2) is 0 Å². The van der Waals surface area contributed by atoms with Gasteiger partial charge in [0, 0.05) is 36.0 Å². The largest absolute Gasteiger partial charge is 0.493 e. The van der Waals surface area contributed by atoms with E-state index in [1.165, 1.54) is 0 Å². The standard InChI is InChI=1S/C16H16N2O2/c1-11-10-20-15-3-2-13(8-14(11)15)16(19)18-9-12-4-6-17-7-5-12/h2-8,11H,9-10H2,1H3,(H,18,19). The van der Waals surface area contributed by atoms with Gasteiger partial charge in [0.05, 0.1) is 6.61 Å². The minimum Gasteiger partial charge on any atom is -0.493 e. The normalized spacial score (nSPS) is 16.4. The third kappa shape index (κ3) is 2.50. The molecule has 1 aliphatic heterocycles. The van der Waals surface area contributed by atoms with E-state index in [-0.39, 0.29) is 5.91 Å². The van der Waals surface area contributed by atoms with Gasteiger partial charge in [-0.2, -0.15) is 0 Å². The lowest BCUT2D eigenvalue weighted by Crippen LogP contribution is -2.22. The summed E-state index contributed by atoms with van der Waals surface area (Å²) in [6, 6.07) is 9.38. The highest BCUT2D eigenvalue weighted by atomic mass is 16.5. The summed E-state index contributed by atoms with van der Waals surface area (Å²) < 4.78 is 5.54. The van der Waals surface area contributed by atoms with Crippen molar-refractivity contribution in [2.75, 3.05) is 6.61 Å². The van der Waals surface area contributed by atoms with Crippen molar-refractivity contribution in [3.63, 3.8) is 0 Å². The van der Waals surface area contributed by atoms with Crippen LogP contribution in [0.5, 0.6) is 5.75 Å². The smallest absolute Gasteiger partial charge is 0.251 e. The van der Waals surface area contributed by atoms with Crippen molar-refractivity contribution >= 4 is 5.91 Å². The molecule has 0 aliphatic carbocycles. The summed E-state index contributed by atoms with van der Waals surface area (Å²) in [5, 5.41) is 2.91. The molecule has 102 valence electrons. The first kappa shape index (κ1) is 12.7. The number of rotatable bonds is 3. The van der Waals surface area contributed by atoms with E-state index in [0.717, 1.165) is 16.9 Å². The van der Waals surface area contributed by atoms with Crippen LogP contribution in [0.25, 0.3) is 0 Å². The lowest BCUT2D eigenvalue weighted by Gasteiger charge is -2.07. The van der Waals surface area contributed by atoms with Crippen LogP contribution >= 0.6 is 0 Å². The fraction of sp³-hybridized carbons (Fsp3) is 0.250. The van der Waals surface area contributed by atoms with Gasteiger partial charge in [-0.1, -0.05) is 6.92 Å². The van der Waals surface area contributed by atoms with E-state index in [9.17, 15) is 4.79 Å². The molecule has 0 bridgehead atoms. The number of carbonyl (C=O) groups excluding carboxylic acids is 1. The predicted molar refractivity (Wildman–Crippen MR) is 75.8 cm³/mol. The van der Waals surface area contributed by atoms with Crippen molar-refractivity contribution in [3.8, 4) is 5.75 Å². The van der Waals surface area contributed by atoms with E-state index in [0.29, 0.717) is 24.6 Å². The van der Waals surface area contributed by atoms with Crippen LogP contribution in [0.1, 0.15) is 34.3 Å². The molecule has 3 rings (SSSR count). The van der Waals surface area contributed by atoms with Gasteiger partial charge in [0.2, 0.25) is 0 Å². The average Bonchev–Trinajstić information content (AvgIpc) is 2.87. The first-order valence-corrected chi connectivity index (χ1v) is 6.68. The summed E-state index contributed by atoms with van der Waals surface area (Å²) in [5.41, 5.74) is 2.82. The van der Waals surface area contributed by atoms with Crippen molar-refractivity contribution in [2.45, 2.75) is 19.4 Å². The molecule has 0 spiro atoms. The summed E-state index contributed by atoms with van der Waals surface area (Å²) in [4.78, 5) is 16.1. The highest BCUT2D eigenvalue weighted by molar-refractivity contribution is 5.94. The SMILES string of the molecule is CC1COc2ccc(C(=O)NCc3ccncc3)cc21. The summed E-state index contributed by atoms with van der Waals surface area (Å²) >= 11 is 0. The van der Waals surface area contributed by atoms with Gasteiger partial charge >= 0.3 is 0 Å². The maximum absolute atomic E-state index is 12.2. The van der Waals surface area contributed by atoms with Crippen molar-refractivity contribution < 1.29 is 9.53 Å². The maximum Gasteiger partial charge on any atom is 0.251 e. The summed E-state index contributed by atoms with van der Waals surface area (Å²) in [6.07, 6.45) is 3.44. The summed E-state index contributed by atoms with van der Waals surface area (Å²) in [6.45, 7) is 3.30. The summed E-state index contributed by atoms with van der Waals surface area (Å²) in [5.74, 6) is 1.17. The van der Waals surface area contributed by atoms with Gasteiger partial charge < -0.3 is 10.1 Å². The van der Waals surface area contributed by atoms with Gasteiger partial charge in [-0.25, -0.2) is 0 Å². The second-order valence-electron chi connectivity index (χ2n) is 5.00. The first-order valence-electron chi connectivity index (χ1n) is 6.68. The number of hydrogen-bond acceptors (Lipinski definition) is 3. The number of fused-ring (bicyclic) bond motifs is 1. The molecule has 1 amide bonds. The van der Waals surface area contributed by atoms with E-state index < -0.39 is 0 Å². The average molecular weight is 268 g/mol. The second kappa shape index (κ2) is 5.33. The van der Waals surface area contributed by atoms with Crippen molar-refractivity contribution in [1.29, 1.82) is 0 Å². The number of benzene rings is 1. The quantitative estimate of drug-likeness (QED) is 0.930. The fourth-order valence-electron chi connectivity index (χ4n) is 2.30. The predicted octanol–water partition coefficient (Wildman–Crippen LogP) is 2.51. The Bertz CT molecular complexity index is 626.